The fourth-order valence-electron chi connectivity index (χ4n) is 4.59. The van der Waals surface area contributed by atoms with E-state index in [1.807, 2.05) is 42.5 Å². The summed E-state index contributed by atoms with van der Waals surface area (Å²) in [6.45, 7) is 5.42. The van der Waals surface area contributed by atoms with Gasteiger partial charge in [-0.05, 0) is 36.4 Å². The van der Waals surface area contributed by atoms with E-state index in [2.05, 4.69) is 47.8 Å². The first kappa shape index (κ1) is 28.8. The Labute approximate surface area is 251 Å². The van der Waals surface area contributed by atoms with Gasteiger partial charge in [0.2, 0.25) is 0 Å². The Morgan fingerprint density at radius 3 is 2.60 bits per heavy atom. The molecule has 2 aromatic heterocycles. The number of carbonyl (C=O) groups is 1. The molecule has 9 nitrogen and oxygen atoms in total. The molecule has 0 N–H and O–H groups in total. The highest BCUT2D eigenvalue weighted by atomic mass is 79.9. The van der Waals surface area contributed by atoms with Crippen molar-refractivity contribution in [3.63, 3.8) is 0 Å². The van der Waals surface area contributed by atoms with Gasteiger partial charge in [-0.2, -0.15) is 5.10 Å². The fraction of sp³-hybridized carbons (Fsp3) is 0.357. The molecule has 1 saturated heterocycles. The third-order valence-corrected chi connectivity index (χ3v) is 8.26. The van der Waals surface area contributed by atoms with E-state index in [1.54, 1.807) is 16.9 Å². The Bertz CT molecular complexity index is 1440. The van der Waals surface area contributed by atoms with E-state index >= 15 is 0 Å². The molecule has 1 unspecified atom stereocenters. The van der Waals surface area contributed by atoms with Crippen molar-refractivity contribution in [3.8, 4) is 0 Å². The number of amides is 1. The summed E-state index contributed by atoms with van der Waals surface area (Å²) in [5.41, 5.74) is 2.31. The summed E-state index contributed by atoms with van der Waals surface area (Å²) in [6, 6.07) is 15.3. The molecule has 210 valence electrons. The molecule has 1 atom stereocenters. The number of benzene rings is 2. The molecular formula is C28H30BrCl2N7O2. The van der Waals surface area contributed by atoms with E-state index in [0.717, 1.165) is 41.8 Å². The van der Waals surface area contributed by atoms with Crippen molar-refractivity contribution in [1.82, 2.24) is 29.5 Å². The second-order valence-electron chi connectivity index (χ2n) is 9.72. The minimum atomic E-state index is -0.508. The first-order valence-electron chi connectivity index (χ1n) is 13.0. The molecule has 0 aliphatic carbocycles. The second kappa shape index (κ2) is 13.3. The van der Waals surface area contributed by atoms with Crippen LogP contribution < -0.4 is 4.90 Å². The molecule has 0 radical (unpaired) electrons. The van der Waals surface area contributed by atoms with Crippen molar-refractivity contribution < 1.29 is 9.53 Å². The number of hydrogen-bond donors (Lipinski definition) is 0. The van der Waals surface area contributed by atoms with Crippen LogP contribution in [-0.2, 0) is 17.8 Å². The zero-order valence-corrected chi connectivity index (χ0v) is 25.2. The van der Waals surface area contributed by atoms with Crippen LogP contribution in [0.25, 0.3) is 11.0 Å². The molecule has 0 saturated carbocycles. The van der Waals surface area contributed by atoms with Crippen molar-refractivity contribution >= 4 is 62.1 Å². The van der Waals surface area contributed by atoms with Crippen LogP contribution in [0.2, 0.25) is 5.02 Å². The zero-order chi connectivity index (χ0) is 28.1. The van der Waals surface area contributed by atoms with Gasteiger partial charge in [-0.25, -0.2) is 19.4 Å². The number of likely N-dealkylation sites (N-methyl/N-ethyl adjacent to an activating group) is 1. The summed E-state index contributed by atoms with van der Waals surface area (Å²) in [4.78, 5) is 28.5. The third kappa shape index (κ3) is 6.92. The molecule has 5 rings (SSSR count). The SMILES string of the molecule is CN1CCN(CCOC(=O)N(Cc2ccccc2Cl)c2ncnc3c2cnn3CC(Cl)c2ccc(Br)cc2)CC1. The highest BCUT2D eigenvalue weighted by Gasteiger charge is 2.25. The molecule has 12 heteroatoms. The smallest absolute Gasteiger partial charge is 0.415 e. The first-order chi connectivity index (χ1) is 19.4. The third-order valence-electron chi connectivity index (χ3n) is 6.97. The normalized spacial score (nSPS) is 15.3. The Morgan fingerprint density at radius 1 is 1.10 bits per heavy atom. The molecular weight excluding hydrogens is 617 g/mol. The lowest BCUT2D eigenvalue weighted by molar-refractivity contribution is 0.107. The molecule has 0 bridgehead atoms. The number of carbonyl (C=O) groups excluding carboxylic acids is 1. The molecule has 2 aromatic carbocycles. The molecule has 1 fully saturated rings. The van der Waals surface area contributed by atoms with Crippen LogP contribution in [0.15, 0.2) is 65.5 Å². The van der Waals surface area contributed by atoms with E-state index in [0.29, 0.717) is 35.0 Å². The molecule has 1 aliphatic rings. The Morgan fingerprint density at radius 2 is 1.85 bits per heavy atom. The van der Waals surface area contributed by atoms with Gasteiger partial charge in [0.1, 0.15) is 12.9 Å². The van der Waals surface area contributed by atoms with Crippen LogP contribution in [0.3, 0.4) is 0 Å². The maximum Gasteiger partial charge on any atom is 0.415 e. The average Bonchev–Trinajstić information content (AvgIpc) is 3.37. The van der Waals surface area contributed by atoms with Gasteiger partial charge in [0.15, 0.2) is 11.5 Å². The van der Waals surface area contributed by atoms with Crippen LogP contribution in [0.1, 0.15) is 16.5 Å². The van der Waals surface area contributed by atoms with Gasteiger partial charge in [0.25, 0.3) is 0 Å². The lowest BCUT2D eigenvalue weighted by atomic mass is 10.1. The van der Waals surface area contributed by atoms with Crippen LogP contribution in [0, 0.1) is 0 Å². The minimum Gasteiger partial charge on any atom is -0.448 e. The van der Waals surface area contributed by atoms with Crippen LogP contribution in [0.4, 0.5) is 10.6 Å². The zero-order valence-electron chi connectivity index (χ0n) is 22.1. The van der Waals surface area contributed by atoms with Crippen LogP contribution in [-0.4, -0.2) is 82.0 Å². The van der Waals surface area contributed by atoms with E-state index in [9.17, 15) is 4.79 Å². The molecule has 1 aliphatic heterocycles. The molecule has 0 spiro atoms. The number of piperazine rings is 1. The van der Waals surface area contributed by atoms with Crippen molar-refractivity contribution in [2.24, 2.45) is 0 Å². The monoisotopic (exact) mass is 645 g/mol. The number of ether oxygens (including phenoxy) is 1. The summed E-state index contributed by atoms with van der Waals surface area (Å²) in [5, 5.41) is 5.38. The number of halogens is 3. The van der Waals surface area contributed by atoms with Crippen molar-refractivity contribution in [2.45, 2.75) is 18.5 Å². The molecule has 40 heavy (non-hydrogen) atoms. The summed E-state index contributed by atoms with van der Waals surface area (Å²) in [5.74, 6) is 0.399. The van der Waals surface area contributed by atoms with E-state index in [4.69, 9.17) is 27.9 Å². The highest BCUT2D eigenvalue weighted by molar-refractivity contribution is 9.10. The Hall–Kier alpha value is -2.76. The minimum absolute atomic E-state index is 0.182. The summed E-state index contributed by atoms with van der Waals surface area (Å²) < 4.78 is 8.48. The van der Waals surface area contributed by atoms with Crippen LogP contribution in [0.5, 0.6) is 0 Å². The van der Waals surface area contributed by atoms with Gasteiger partial charge in [-0.1, -0.05) is 57.9 Å². The number of anilines is 1. The van der Waals surface area contributed by atoms with Gasteiger partial charge >= 0.3 is 6.09 Å². The van der Waals surface area contributed by atoms with Crippen molar-refractivity contribution in [1.29, 1.82) is 0 Å². The number of aromatic nitrogens is 4. The van der Waals surface area contributed by atoms with Gasteiger partial charge in [0, 0.05) is 42.2 Å². The molecule has 3 heterocycles. The Kier molecular flexibility index (Phi) is 9.54. The number of fused-ring (bicyclic) bond motifs is 1. The lowest BCUT2D eigenvalue weighted by Crippen LogP contribution is -2.45. The van der Waals surface area contributed by atoms with Crippen LogP contribution >= 0.6 is 39.1 Å². The second-order valence-corrected chi connectivity index (χ2v) is 11.6. The fourth-order valence-corrected chi connectivity index (χ4v) is 5.33. The lowest BCUT2D eigenvalue weighted by Gasteiger charge is -2.32. The highest BCUT2D eigenvalue weighted by Crippen LogP contribution is 2.29. The maximum absolute atomic E-state index is 13.5. The van der Waals surface area contributed by atoms with E-state index < -0.39 is 6.09 Å². The van der Waals surface area contributed by atoms with E-state index in [1.165, 1.54) is 11.2 Å². The van der Waals surface area contributed by atoms with E-state index in [-0.39, 0.29) is 18.5 Å². The standard InChI is InChI=1S/C28H30BrCl2N7O2/c1-35-10-12-36(13-11-35)14-15-40-28(39)37(17-21-4-2-3-5-24(21)30)26-23-16-34-38(27(23)33-19-32-26)18-25(31)20-6-8-22(29)9-7-20/h2-9,16,19,25H,10-15,17-18H2,1H3. The summed E-state index contributed by atoms with van der Waals surface area (Å²) in [7, 11) is 2.11. The maximum atomic E-state index is 13.5. The first-order valence-corrected chi connectivity index (χ1v) is 14.6. The summed E-state index contributed by atoms with van der Waals surface area (Å²) in [6.07, 6.45) is 2.58. The largest absolute Gasteiger partial charge is 0.448 e. The Balaban J connectivity index is 1.38. The number of hydrogen-bond acceptors (Lipinski definition) is 7. The molecule has 1 amide bonds. The van der Waals surface area contributed by atoms with Crippen molar-refractivity contribution in [2.75, 3.05) is 51.3 Å². The predicted molar refractivity (Wildman–Crippen MR) is 161 cm³/mol. The van der Waals surface area contributed by atoms with Gasteiger partial charge in [-0.3, -0.25) is 9.80 Å². The number of rotatable bonds is 9. The van der Waals surface area contributed by atoms with Gasteiger partial charge in [-0.15, -0.1) is 11.6 Å². The average molecular weight is 647 g/mol. The quantitative estimate of drug-likeness (QED) is 0.219. The number of alkyl halides is 1. The summed E-state index contributed by atoms with van der Waals surface area (Å²) >= 11 is 16.7. The van der Waals surface area contributed by atoms with Gasteiger partial charge < -0.3 is 9.64 Å². The van der Waals surface area contributed by atoms with Gasteiger partial charge in [0.05, 0.1) is 30.0 Å². The molecule has 4 aromatic rings. The topological polar surface area (TPSA) is 79.6 Å². The van der Waals surface area contributed by atoms with Crippen molar-refractivity contribution in [3.05, 3.63) is 81.7 Å². The number of nitrogens with zero attached hydrogens (tertiary/aromatic N) is 7. The predicted octanol–water partition coefficient (Wildman–Crippen LogP) is 5.61.